The molecule has 9 heteroatoms. The fourth-order valence-electron chi connectivity index (χ4n) is 2.63. The lowest BCUT2D eigenvalue weighted by atomic mass is 10.1. The summed E-state index contributed by atoms with van der Waals surface area (Å²) >= 11 is 3.31. The van der Waals surface area contributed by atoms with E-state index in [1.165, 1.54) is 18.2 Å². The topological polar surface area (TPSA) is 101 Å². The molecule has 0 aliphatic rings. The monoisotopic (exact) mass is 465 g/mol. The number of amides is 1. The molecule has 0 aliphatic carbocycles. The molecule has 1 heterocycles. The highest BCUT2D eigenvalue weighted by atomic mass is 79.9. The average molecular weight is 466 g/mol. The molecule has 0 fully saturated rings. The van der Waals surface area contributed by atoms with E-state index in [-0.39, 0.29) is 10.5 Å². The number of nitrogens with zero attached hydrogens (tertiary/aromatic N) is 1. The quantitative estimate of drug-likeness (QED) is 0.600. The minimum atomic E-state index is -3.76. The fourth-order valence-corrected chi connectivity index (χ4v) is 4.50. The third-order valence-electron chi connectivity index (χ3n) is 3.69. The van der Waals surface area contributed by atoms with Gasteiger partial charge in [-0.05, 0) is 73.1 Å². The Balaban J connectivity index is 1.90. The van der Waals surface area contributed by atoms with E-state index < -0.39 is 21.5 Å². The van der Waals surface area contributed by atoms with E-state index in [0.29, 0.717) is 27.2 Å². The zero-order chi connectivity index (χ0) is 20.7. The molecule has 0 unspecified atom stereocenters. The van der Waals surface area contributed by atoms with Gasteiger partial charge in [0, 0.05) is 22.6 Å². The summed E-state index contributed by atoms with van der Waals surface area (Å²) in [7, 11) is -3.76. The zero-order valence-electron chi connectivity index (χ0n) is 15.8. The van der Waals surface area contributed by atoms with Gasteiger partial charge < -0.3 is 9.73 Å². The van der Waals surface area contributed by atoms with Gasteiger partial charge in [-0.3, -0.25) is 4.79 Å². The predicted octanol–water partition coefficient (Wildman–Crippen LogP) is 4.23. The van der Waals surface area contributed by atoms with Gasteiger partial charge in [-0.25, -0.2) is 18.1 Å². The fraction of sp³-hybridized carbons (Fsp3) is 0.263. The van der Waals surface area contributed by atoms with Crippen LogP contribution in [0.1, 0.15) is 37.0 Å². The molecule has 1 aromatic heterocycles. The van der Waals surface area contributed by atoms with Gasteiger partial charge in [-0.15, -0.1) is 0 Å². The normalized spacial score (nSPS) is 12.3. The zero-order valence-corrected chi connectivity index (χ0v) is 18.2. The van der Waals surface area contributed by atoms with Crippen molar-refractivity contribution >= 4 is 48.6 Å². The summed E-state index contributed by atoms with van der Waals surface area (Å²) in [5.74, 6) is 0.0877. The number of fused-ring (bicyclic) bond motifs is 1. The van der Waals surface area contributed by atoms with E-state index in [1.54, 1.807) is 45.9 Å². The summed E-state index contributed by atoms with van der Waals surface area (Å²) in [5, 5.41) is 2.76. The molecule has 3 aromatic rings. The lowest BCUT2D eigenvalue weighted by Gasteiger charge is -2.20. The van der Waals surface area contributed by atoms with Crippen molar-refractivity contribution in [3.05, 3.63) is 52.3 Å². The predicted molar refractivity (Wildman–Crippen MR) is 111 cm³/mol. The van der Waals surface area contributed by atoms with Gasteiger partial charge in [0.25, 0.3) is 5.91 Å². The first-order valence-corrected chi connectivity index (χ1v) is 10.7. The summed E-state index contributed by atoms with van der Waals surface area (Å²) < 4.78 is 33.6. The van der Waals surface area contributed by atoms with Crippen LogP contribution < -0.4 is 10.0 Å². The first-order valence-electron chi connectivity index (χ1n) is 8.47. The Morgan fingerprint density at radius 1 is 1.14 bits per heavy atom. The number of hydrogen-bond donors (Lipinski definition) is 2. The molecule has 0 saturated heterocycles. The van der Waals surface area contributed by atoms with E-state index >= 15 is 0 Å². The minimum Gasteiger partial charge on any atom is -0.441 e. The lowest BCUT2D eigenvalue weighted by Crippen LogP contribution is -2.40. The molecular weight excluding hydrogens is 446 g/mol. The number of anilines is 1. The van der Waals surface area contributed by atoms with Crippen LogP contribution in [0.4, 0.5) is 5.69 Å². The van der Waals surface area contributed by atoms with Crippen LogP contribution in [0.2, 0.25) is 0 Å². The summed E-state index contributed by atoms with van der Waals surface area (Å²) in [6, 6.07) is 9.43. The van der Waals surface area contributed by atoms with Gasteiger partial charge >= 0.3 is 0 Å². The molecule has 1 amide bonds. The molecule has 0 saturated carbocycles. The van der Waals surface area contributed by atoms with E-state index in [9.17, 15) is 13.2 Å². The maximum absolute atomic E-state index is 12.7. The molecule has 0 aliphatic heterocycles. The summed E-state index contributed by atoms with van der Waals surface area (Å²) in [6.45, 7) is 6.99. The van der Waals surface area contributed by atoms with E-state index in [0.717, 1.165) is 0 Å². The largest absolute Gasteiger partial charge is 0.441 e. The second-order valence-electron chi connectivity index (χ2n) is 7.37. The number of sulfonamides is 1. The van der Waals surface area contributed by atoms with E-state index in [2.05, 4.69) is 31.0 Å². The van der Waals surface area contributed by atoms with Crippen LogP contribution >= 0.6 is 15.9 Å². The Labute approximate surface area is 171 Å². The van der Waals surface area contributed by atoms with Crippen molar-refractivity contribution in [1.29, 1.82) is 0 Å². The van der Waals surface area contributed by atoms with Gasteiger partial charge in [0.15, 0.2) is 11.5 Å². The van der Waals surface area contributed by atoms with Gasteiger partial charge in [-0.1, -0.05) is 0 Å². The maximum Gasteiger partial charge on any atom is 0.256 e. The van der Waals surface area contributed by atoms with Crippen molar-refractivity contribution in [2.75, 3.05) is 5.32 Å². The molecule has 0 spiro atoms. The van der Waals surface area contributed by atoms with Gasteiger partial charge in [0.2, 0.25) is 10.0 Å². The molecule has 148 valence electrons. The Hall–Kier alpha value is -2.23. The smallest absolute Gasteiger partial charge is 0.256 e. The van der Waals surface area contributed by atoms with Crippen LogP contribution in [0.5, 0.6) is 0 Å². The van der Waals surface area contributed by atoms with Crippen LogP contribution in [0.25, 0.3) is 11.1 Å². The summed E-state index contributed by atoms with van der Waals surface area (Å²) in [6.07, 6.45) is 0. The van der Waals surface area contributed by atoms with Crippen LogP contribution in [0.15, 0.2) is 50.2 Å². The molecular formula is C19H20BrN3O4S. The van der Waals surface area contributed by atoms with Crippen molar-refractivity contribution in [3.8, 4) is 0 Å². The highest BCUT2D eigenvalue weighted by Crippen LogP contribution is 2.24. The Kier molecular flexibility index (Phi) is 5.35. The Morgan fingerprint density at radius 2 is 1.86 bits per heavy atom. The third kappa shape index (κ3) is 4.60. The number of aryl methyl sites for hydroxylation is 1. The summed E-state index contributed by atoms with van der Waals surface area (Å²) in [5.41, 5.74) is 1.34. The number of nitrogens with one attached hydrogen (secondary N) is 2. The summed E-state index contributed by atoms with van der Waals surface area (Å²) in [4.78, 5) is 17.0. The lowest BCUT2D eigenvalue weighted by molar-refractivity contribution is 0.102. The number of oxazole rings is 1. The standard InChI is InChI=1S/C19H20BrN3O4S/c1-11-21-16-9-12(5-8-17(16)27-11)22-18(24)14-10-13(6-7-15(14)20)28(25,26)23-19(2,3)4/h5-10,23H,1-4H3,(H,22,24). The van der Waals surface area contributed by atoms with Crippen LogP contribution in [-0.4, -0.2) is 24.8 Å². The van der Waals surface area contributed by atoms with Crippen LogP contribution in [-0.2, 0) is 10.0 Å². The van der Waals surface area contributed by atoms with Gasteiger partial charge in [-0.2, -0.15) is 0 Å². The first kappa shape index (κ1) is 20.5. The molecule has 2 N–H and O–H groups in total. The molecule has 0 radical (unpaired) electrons. The Morgan fingerprint density at radius 3 is 2.54 bits per heavy atom. The number of halogens is 1. The second-order valence-corrected chi connectivity index (χ2v) is 9.90. The molecule has 2 aromatic carbocycles. The highest BCUT2D eigenvalue weighted by molar-refractivity contribution is 9.10. The molecule has 28 heavy (non-hydrogen) atoms. The highest BCUT2D eigenvalue weighted by Gasteiger charge is 2.24. The van der Waals surface area contributed by atoms with Gasteiger partial charge in [0.1, 0.15) is 5.52 Å². The number of hydrogen-bond acceptors (Lipinski definition) is 5. The van der Waals surface area contributed by atoms with Crippen molar-refractivity contribution in [3.63, 3.8) is 0 Å². The van der Waals surface area contributed by atoms with Crippen LogP contribution in [0, 0.1) is 6.92 Å². The van der Waals surface area contributed by atoms with Crippen molar-refractivity contribution in [1.82, 2.24) is 9.71 Å². The number of carbonyl (C=O) groups excluding carboxylic acids is 1. The molecule has 7 nitrogen and oxygen atoms in total. The molecule has 0 atom stereocenters. The average Bonchev–Trinajstić information content (AvgIpc) is 2.92. The molecule has 3 rings (SSSR count). The maximum atomic E-state index is 12.7. The number of aromatic nitrogens is 1. The third-order valence-corrected chi connectivity index (χ3v) is 6.13. The Bertz CT molecular complexity index is 1160. The van der Waals surface area contributed by atoms with Crippen molar-refractivity contribution in [2.45, 2.75) is 38.1 Å². The number of rotatable bonds is 4. The van der Waals surface area contributed by atoms with Gasteiger partial charge in [0.05, 0.1) is 10.5 Å². The molecule has 0 bridgehead atoms. The SMILES string of the molecule is Cc1nc2cc(NC(=O)c3cc(S(=O)(=O)NC(C)(C)C)ccc3Br)ccc2o1. The van der Waals surface area contributed by atoms with E-state index in [4.69, 9.17) is 4.42 Å². The number of carbonyl (C=O) groups is 1. The minimum absolute atomic E-state index is 0.0124. The van der Waals surface area contributed by atoms with Crippen LogP contribution in [0.3, 0.4) is 0 Å². The van der Waals surface area contributed by atoms with Crippen molar-refractivity contribution in [2.24, 2.45) is 0 Å². The van der Waals surface area contributed by atoms with Crippen molar-refractivity contribution < 1.29 is 17.6 Å². The van der Waals surface area contributed by atoms with E-state index in [1.807, 2.05) is 0 Å². The first-order chi connectivity index (χ1) is 12.9. The number of benzene rings is 2. The second kappa shape index (κ2) is 7.31.